The molecule has 1 aliphatic carbocycles. The number of halogens is 1. The summed E-state index contributed by atoms with van der Waals surface area (Å²) in [4.78, 5) is 12.5. The van der Waals surface area contributed by atoms with Crippen LogP contribution in [0.2, 0.25) is 0 Å². The molecule has 0 aliphatic heterocycles. The van der Waals surface area contributed by atoms with Crippen LogP contribution < -0.4 is 10.1 Å². The lowest BCUT2D eigenvalue weighted by Crippen LogP contribution is -2.13. The number of nitrogens with one attached hydrogen (secondary N) is 1. The minimum Gasteiger partial charge on any atom is -0.497 e. The summed E-state index contributed by atoms with van der Waals surface area (Å²) in [7, 11) is 1.60. The molecular weight excluding hydrogens is 333 g/mol. The van der Waals surface area contributed by atoms with Gasteiger partial charge in [0.2, 0.25) is 0 Å². The molecule has 3 aromatic rings. The predicted octanol–water partition coefficient (Wildman–Crippen LogP) is 4.28. The van der Waals surface area contributed by atoms with Gasteiger partial charge in [-0.1, -0.05) is 6.07 Å². The first kappa shape index (κ1) is 16.3. The monoisotopic (exact) mass is 351 g/mol. The van der Waals surface area contributed by atoms with Gasteiger partial charge in [-0.05, 0) is 49.2 Å². The lowest BCUT2D eigenvalue weighted by Gasteiger charge is -2.13. The number of ether oxygens (including phenoxy) is 1. The van der Waals surface area contributed by atoms with Crippen LogP contribution in [-0.4, -0.2) is 22.7 Å². The van der Waals surface area contributed by atoms with E-state index in [1.54, 1.807) is 23.9 Å². The quantitative estimate of drug-likeness (QED) is 0.762. The molecule has 0 saturated heterocycles. The van der Waals surface area contributed by atoms with E-state index in [0.29, 0.717) is 23.6 Å². The van der Waals surface area contributed by atoms with Crippen LogP contribution in [0.5, 0.6) is 5.75 Å². The summed E-state index contributed by atoms with van der Waals surface area (Å²) in [6.07, 6.45) is 2.05. The SMILES string of the molecule is COc1cccc(Nc2nn(-c3ccc(F)cc3)c3c2C(=O)CCC3)c1. The van der Waals surface area contributed by atoms with Crippen molar-refractivity contribution in [3.8, 4) is 11.4 Å². The second-order valence-corrected chi connectivity index (χ2v) is 6.19. The van der Waals surface area contributed by atoms with E-state index in [-0.39, 0.29) is 11.6 Å². The molecule has 0 bridgehead atoms. The van der Waals surface area contributed by atoms with Crippen LogP contribution in [0, 0.1) is 5.82 Å². The Morgan fingerprint density at radius 1 is 1.15 bits per heavy atom. The average Bonchev–Trinajstić information content (AvgIpc) is 3.02. The smallest absolute Gasteiger partial charge is 0.168 e. The Kier molecular flexibility index (Phi) is 4.16. The van der Waals surface area contributed by atoms with Crippen LogP contribution in [0.3, 0.4) is 0 Å². The first-order valence-corrected chi connectivity index (χ1v) is 8.48. The van der Waals surface area contributed by atoms with Crippen LogP contribution in [-0.2, 0) is 6.42 Å². The second-order valence-electron chi connectivity index (χ2n) is 6.19. The highest BCUT2D eigenvalue weighted by atomic mass is 19.1. The van der Waals surface area contributed by atoms with Crippen molar-refractivity contribution in [2.45, 2.75) is 19.3 Å². The number of hydrogen-bond donors (Lipinski definition) is 1. The van der Waals surface area contributed by atoms with E-state index in [1.807, 2.05) is 24.3 Å². The molecule has 1 heterocycles. The number of aromatic nitrogens is 2. The number of nitrogens with zero attached hydrogens (tertiary/aromatic N) is 2. The Bertz CT molecular complexity index is 964. The van der Waals surface area contributed by atoms with Gasteiger partial charge in [-0.15, -0.1) is 5.10 Å². The number of anilines is 2. The summed E-state index contributed by atoms with van der Waals surface area (Å²) < 4.78 is 20.2. The van der Waals surface area contributed by atoms with Gasteiger partial charge in [0.1, 0.15) is 11.6 Å². The predicted molar refractivity (Wildman–Crippen MR) is 97.1 cm³/mol. The van der Waals surface area contributed by atoms with Crippen molar-refractivity contribution in [2.24, 2.45) is 0 Å². The number of Topliss-reactive ketones (excluding diaryl/α,β-unsaturated/α-hetero) is 1. The van der Waals surface area contributed by atoms with Gasteiger partial charge in [0.25, 0.3) is 0 Å². The highest BCUT2D eigenvalue weighted by Gasteiger charge is 2.27. The number of methoxy groups -OCH3 is 1. The van der Waals surface area contributed by atoms with Crippen molar-refractivity contribution in [2.75, 3.05) is 12.4 Å². The molecular formula is C20H18FN3O2. The largest absolute Gasteiger partial charge is 0.497 e. The number of carbonyl (C=O) groups is 1. The Morgan fingerprint density at radius 3 is 2.73 bits per heavy atom. The summed E-state index contributed by atoms with van der Waals surface area (Å²) in [5, 5.41) is 7.85. The van der Waals surface area contributed by atoms with Gasteiger partial charge in [-0.2, -0.15) is 0 Å². The van der Waals surface area contributed by atoms with Gasteiger partial charge in [0.05, 0.1) is 24.1 Å². The molecule has 1 aliphatic rings. The molecule has 2 aromatic carbocycles. The van der Waals surface area contributed by atoms with Crippen LogP contribution in [0.25, 0.3) is 5.69 Å². The number of rotatable bonds is 4. The zero-order valence-corrected chi connectivity index (χ0v) is 14.3. The fraction of sp³-hybridized carbons (Fsp3) is 0.200. The zero-order chi connectivity index (χ0) is 18.1. The Balaban J connectivity index is 1.79. The van der Waals surface area contributed by atoms with Crippen molar-refractivity contribution >= 4 is 17.3 Å². The number of ketones is 1. The maximum Gasteiger partial charge on any atom is 0.168 e. The van der Waals surface area contributed by atoms with E-state index < -0.39 is 0 Å². The highest BCUT2D eigenvalue weighted by Crippen LogP contribution is 2.32. The molecule has 1 aromatic heterocycles. The van der Waals surface area contributed by atoms with Crippen LogP contribution >= 0.6 is 0 Å². The fourth-order valence-corrected chi connectivity index (χ4v) is 3.24. The van der Waals surface area contributed by atoms with E-state index in [4.69, 9.17) is 4.74 Å². The van der Waals surface area contributed by atoms with Gasteiger partial charge in [-0.3, -0.25) is 4.79 Å². The van der Waals surface area contributed by atoms with Crippen molar-refractivity contribution < 1.29 is 13.9 Å². The lowest BCUT2D eigenvalue weighted by molar-refractivity contribution is 0.0973. The first-order chi connectivity index (χ1) is 12.7. The molecule has 5 nitrogen and oxygen atoms in total. The van der Waals surface area contributed by atoms with Crippen LogP contribution in [0.15, 0.2) is 48.5 Å². The Morgan fingerprint density at radius 2 is 1.96 bits per heavy atom. The minimum atomic E-state index is -0.305. The summed E-state index contributed by atoms with van der Waals surface area (Å²) in [5.41, 5.74) is 2.99. The van der Waals surface area contributed by atoms with Crippen molar-refractivity contribution in [3.05, 3.63) is 65.6 Å². The van der Waals surface area contributed by atoms with Crippen molar-refractivity contribution in [1.29, 1.82) is 0 Å². The van der Waals surface area contributed by atoms with Gasteiger partial charge in [0, 0.05) is 18.2 Å². The van der Waals surface area contributed by atoms with Gasteiger partial charge in [-0.25, -0.2) is 9.07 Å². The molecule has 0 radical (unpaired) electrons. The van der Waals surface area contributed by atoms with E-state index in [2.05, 4.69) is 10.4 Å². The molecule has 132 valence electrons. The van der Waals surface area contributed by atoms with E-state index in [0.717, 1.165) is 29.9 Å². The molecule has 0 fully saturated rings. The first-order valence-electron chi connectivity index (χ1n) is 8.48. The van der Waals surface area contributed by atoms with E-state index in [1.165, 1.54) is 12.1 Å². The lowest BCUT2D eigenvalue weighted by atomic mass is 9.95. The normalized spacial score (nSPS) is 13.4. The second kappa shape index (κ2) is 6.63. The summed E-state index contributed by atoms with van der Waals surface area (Å²) >= 11 is 0. The maximum absolute atomic E-state index is 13.3. The van der Waals surface area contributed by atoms with E-state index in [9.17, 15) is 9.18 Å². The molecule has 6 heteroatoms. The molecule has 4 rings (SSSR count). The summed E-state index contributed by atoms with van der Waals surface area (Å²) in [5.74, 6) is 1.00. The topological polar surface area (TPSA) is 56.1 Å². The molecule has 0 saturated carbocycles. The standard InChI is InChI=1S/C20H18FN3O2/c1-26-16-5-2-4-14(12-16)22-20-19-17(6-3-7-18(19)25)24(23-20)15-10-8-13(21)9-11-15/h2,4-5,8-12H,3,6-7H2,1H3,(H,22,23). The molecule has 0 spiro atoms. The van der Waals surface area contributed by atoms with Crippen molar-refractivity contribution in [1.82, 2.24) is 9.78 Å². The van der Waals surface area contributed by atoms with E-state index >= 15 is 0 Å². The molecule has 0 amide bonds. The molecule has 0 unspecified atom stereocenters. The maximum atomic E-state index is 13.3. The average molecular weight is 351 g/mol. The fourth-order valence-electron chi connectivity index (χ4n) is 3.24. The van der Waals surface area contributed by atoms with Gasteiger partial charge in [0.15, 0.2) is 11.6 Å². The number of benzene rings is 2. The van der Waals surface area contributed by atoms with Gasteiger partial charge < -0.3 is 10.1 Å². The Labute approximate surface area is 150 Å². The molecule has 1 N–H and O–H groups in total. The highest BCUT2D eigenvalue weighted by molar-refractivity contribution is 6.03. The third-order valence-electron chi connectivity index (χ3n) is 4.48. The zero-order valence-electron chi connectivity index (χ0n) is 14.3. The summed E-state index contributed by atoms with van der Waals surface area (Å²) in [6.45, 7) is 0. The van der Waals surface area contributed by atoms with Gasteiger partial charge >= 0.3 is 0 Å². The number of carbonyl (C=O) groups excluding carboxylic acids is 1. The summed E-state index contributed by atoms with van der Waals surface area (Å²) in [6, 6.07) is 13.6. The third-order valence-corrected chi connectivity index (χ3v) is 4.48. The molecule has 26 heavy (non-hydrogen) atoms. The minimum absolute atomic E-state index is 0.0741. The van der Waals surface area contributed by atoms with Crippen LogP contribution in [0.4, 0.5) is 15.9 Å². The van der Waals surface area contributed by atoms with Crippen molar-refractivity contribution in [3.63, 3.8) is 0 Å². The molecule has 0 atom stereocenters. The number of hydrogen-bond acceptors (Lipinski definition) is 4. The number of fused-ring (bicyclic) bond motifs is 1. The third kappa shape index (κ3) is 2.94. The Hall–Kier alpha value is -3.15. The van der Waals surface area contributed by atoms with Crippen LogP contribution in [0.1, 0.15) is 28.9 Å².